The second-order valence-corrected chi connectivity index (χ2v) is 8.71. The van der Waals surface area contributed by atoms with Gasteiger partial charge in [-0.15, -0.1) is 0 Å². The quantitative estimate of drug-likeness (QED) is 0.851. The SMILES string of the molecule is CCc1ccc(C2(C(N)=O)CCC(N3Cc4c(C)cccc4C3=O)CC2)cc1C. The van der Waals surface area contributed by atoms with Crippen LogP contribution in [-0.2, 0) is 23.2 Å². The Kier molecular flexibility index (Phi) is 4.97. The van der Waals surface area contributed by atoms with E-state index < -0.39 is 5.41 Å². The number of fused-ring (bicyclic) bond motifs is 1. The van der Waals surface area contributed by atoms with Gasteiger partial charge in [-0.1, -0.05) is 37.3 Å². The molecule has 0 aromatic heterocycles. The molecule has 4 heteroatoms. The molecule has 1 aliphatic heterocycles. The van der Waals surface area contributed by atoms with Gasteiger partial charge in [-0.25, -0.2) is 0 Å². The van der Waals surface area contributed by atoms with Crippen molar-refractivity contribution in [1.29, 1.82) is 0 Å². The first-order valence-electron chi connectivity index (χ1n) is 10.7. The Balaban J connectivity index is 1.56. The fraction of sp³-hybridized carbons (Fsp3) is 0.440. The van der Waals surface area contributed by atoms with Gasteiger partial charge < -0.3 is 10.6 Å². The molecule has 2 aliphatic rings. The second kappa shape index (κ2) is 7.33. The molecule has 2 N–H and O–H groups in total. The van der Waals surface area contributed by atoms with Crippen molar-refractivity contribution in [3.63, 3.8) is 0 Å². The van der Waals surface area contributed by atoms with Gasteiger partial charge in [0.25, 0.3) is 5.91 Å². The molecule has 2 amide bonds. The summed E-state index contributed by atoms with van der Waals surface area (Å²) in [6.07, 6.45) is 3.97. The average molecular weight is 391 g/mol. The summed E-state index contributed by atoms with van der Waals surface area (Å²) in [6, 6.07) is 12.5. The number of carbonyl (C=O) groups is 2. The molecule has 0 saturated heterocycles. The number of benzene rings is 2. The summed E-state index contributed by atoms with van der Waals surface area (Å²) in [5.41, 5.74) is 12.0. The number of primary amides is 1. The highest BCUT2D eigenvalue weighted by Gasteiger charge is 2.45. The van der Waals surface area contributed by atoms with E-state index >= 15 is 0 Å². The van der Waals surface area contributed by atoms with Crippen LogP contribution >= 0.6 is 0 Å². The Hall–Kier alpha value is -2.62. The fourth-order valence-corrected chi connectivity index (χ4v) is 5.28. The zero-order chi connectivity index (χ0) is 20.8. The maximum Gasteiger partial charge on any atom is 0.254 e. The van der Waals surface area contributed by atoms with Crippen molar-refractivity contribution >= 4 is 11.8 Å². The van der Waals surface area contributed by atoms with Crippen LogP contribution in [0.25, 0.3) is 0 Å². The normalized spacial score (nSPS) is 23.9. The first kappa shape index (κ1) is 19.7. The van der Waals surface area contributed by atoms with Crippen LogP contribution in [0.1, 0.15) is 70.8 Å². The molecule has 1 aliphatic carbocycles. The van der Waals surface area contributed by atoms with Crippen LogP contribution in [0.5, 0.6) is 0 Å². The molecule has 1 heterocycles. The van der Waals surface area contributed by atoms with Gasteiger partial charge in [-0.2, -0.15) is 0 Å². The first-order chi connectivity index (χ1) is 13.9. The summed E-state index contributed by atoms with van der Waals surface area (Å²) in [5.74, 6) is -0.116. The molecular weight excluding hydrogens is 360 g/mol. The highest BCUT2D eigenvalue weighted by Crippen LogP contribution is 2.43. The van der Waals surface area contributed by atoms with Gasteiger partial charge in [0.2, 0.25) is 5.91 Å². The molecule has 152 valence electrons. The molecule has 0 radical (unpaired) electrons. The third kappa shape index (κ3) is 3.15. The minimum absolute atomic E-state index is 0.128. The van der Waals surface area contributed by atoms with E-state index in [4.69, 9.17) is 5.73 Å². The Labute approximate surface area is 173 Å². The van der Waals surface area contributed by atoms with E-state index in [1.807, 2.05) is 17.0 Å². The van der Waals surface area contributed by atoms with Crippen LogP contribution in [0.4, 0.5) is 0 Å². The molecule has 1 saturated carbocycles. The highest BCUT2D eigenvalue weighted by molar-refractivity contribution is 5.99. The van der Waals surface area contributed by atoms with Crippen molar-refractivity contribution in [2.75, 3.05) is 0 Å². The van der Waals surface area contributed by atoms with Crippen molar-refractivity contribution in [1.82, 2.24) is 4.90 Å². The van der Waals surface area contributed by atoms with Crippen molar-refractivity contribution in [3.8, 4) is 0 Å². The van der Waals surface area contributed by atoms with Crippen molar-refractivity contribution in [2.24, 2.45) is 5.73 Å². The lowest BCUT2D eigenvalue weighted by Crippen LogP contribution is -2.48. The van der Waals surface area contributed by atoms with Crippen LogP contribution in [0.3, 0.4) is 0 Å². The van der Waals surface area contributed by atoms with Gasteiger partial charge in [-0.3, -0.25) is 9.59 Å². The highest BCUT2D eigenvalue weighted by atomic mass is 16.2. The number of carbonyl (C=O) groups excluding carboxylic acids is 2. The van der Waals surface area contributed by atoms with E-state index in [1.165, 1.54) is 16.7 Å². The van der Waals surface area contributed by atoms with Gasteiger partial charge in [0, 0.05) is 18.2 Å². The van der Waals surface area contributed by atoms with Crippen molar-refractivity contribution < 1.29 is 9.59 Å². The van der Waals surface area contributed by atoms with Gasteiger partial charge >= 0.3 is 0 Å². The molecule has 4 nitrogen and oxygen atoms in total. The molecule has 0 bridgehead atoms. The van der Waals surface area contributed by atoms with Crippen LogP contribution < -0.4 is 5.73 Å². The fourth-order valence-electron chi connectivity index (χ4n) is 5.28. The Morgan fingerprint density at radius 2 is 1.86 bits per heavy atom. The largest absolute Gasteiger partial charge is 0.369 e. The molecule has 0 spiro atoms. The summed E-state index contributed by atoms with van der Waals surface area (Å²) in [5, 5.41) is 0. The van der Waals surface area contributed by atoms with E-state index in [0.717, 1.165) is 36.0 Å². The van der Waals surface area contributed by atoms with Gasteiger partial charge in [0.05, 0.1) is 5.41 Å². The number of amides is 2. The number of nitrogens with zero attached hydrogens (tertiary/aromatic N) is 1. The summed E-state index contributed by atoms with van der Waals surface area (Å²) in [6.45, 7) is 6.99. The predicted octanol–water partition coefficient (Wildman–Crippen LogP) is 4.19. The van der Waals surface area contributed by atoms with Gasteiger partial charge in [-0.05, 0) is 79.8 Å². The number of hydrogen-bond acceptors (Lipinski definition) is 2. The summed E-state index contributed by atoms with van der Waals surface area (Å²) in [7, 11) is 0. The summed E-state index contributed by atoms with van der Waals surface area (Å²) >= 11 is 0. The number of rotatable bonds is 4. The third-order valence-corrected chi connectivity index (χ3v) is 7.23. The molecule has 2 aromatic carbocycles. The molecule has 2 aromatic rings. The zero-order valence-corrected chi connectivity index (χ0v) is 17.6. The number of aryl methyl sites for hydroxylation is 3. The summed E-state index contributed by atoms with van der Waals surface area (Å²) < 4.78 is 0. The maximum atomic E-state index is 13.0. The molecule has 0 atom stereocenters. The smallest absolute Gasteiger partial charge is 0.254 e. The topological polar surface area (TPSA) is 63.4 Å². The van der Waals surface area contributed by atoms with Crippen LogP contribution in [0, 0.1) is 13.8 Å². The molecule has 1 fully saturated rings. The van der Waals surface area contributed by atoms with E-state index in [0.29, 0.717) is 19.4 Å². The summed E-state index contributed by atoms with van der Waals surface area (Å²) in [4.78, 5) is 27.6. The molecule has 29 heavy (non-hydrogen) atoms. The van der Waals surface area contributed by atoms with Gasteiger partial charge in [0.15, 0.2) is 0 Å². The second-order valence-electron chi connectivity index (χ2n) is 8.71. The molecular formula is C25H30N2O2. The lowest BCUT2D eigenvalue weighted by Gasteiger charge is -2.41. The lowest BCUT2D eigenvalue weighted by molar-refractivity contribution is -0.125. The molecule has 0 unspecified atom stereocenters. The number of hydrogen-bond donors (Lipinski definition) is 1. The van der Waals surface area contributed by atoms with Crippen LogP contribution in [-0.4, -0.2) is 22.8 Å². The van der Waals surface area contributed by atoms with E-state index in [9.17, 15) is 9.59 Å². The monoisotopic (exact) mass is 390 g/mol. The minimum Gasteiger partial charge on any atom is -0.369 e. The van der Waals surface area contributed by atoms with E-state index in [1.54, 1.807) is 0 Å². The maximum absolute atomic E-state index is 13.0. The van der Waals surface area contributed by atoms with E-state index in [2.05, 4.69) is 45.0 Å². The first-order valence-corrected chi connectivity index (χ1v) is 10.7. The minimum atomic E-state index is -0.626. The Morgan fingerprint density at radius 1 is 1.14 bits per heavy atom. The third-order valence-electron chi connectivity index (χ3n) is 7.23. The average Bonchev–Trinajstić information content (AvgIpc) is 3.06. The van der Waals surface area contributed by atoms with E-state index in [-0.39, 0.29) is 17.9 Å². The molecule has 4 rings (SSSR count). The van der Waals surface area contributed by atoms with Crippen LogP contribution in [0.2, 0.25) is 0 Å². The lowest BCUT2D eigenvalue weighted by atomic mass is 9.67. The Bertz CT molecular complexity index is 971. The predicted molar refractivity (Wildman–Crippen MR) is 115 cm³/mol. The Morgan fingerprint density at radius 3 is 2.45 bits per heavy atom. The van der Waals surface area contributed by atoms with Crippen molar-refractivity contribution in [3.05, 3.63) is 69.8 Å². The van der Waals surface area contributed by atoms with Gasteiger partial charge in [0.1, 0.15) is 0 Å². The van der Waals surface area contributed by atoms with Crippen LogP contribution in [0.15, 0.2) is 36.4 Å². The number of nitrogens with two attached hydrogens (primary N) is 1. The standard InChI is InChI=1S/C25H30N2O2/c1-4-18-8-9-19(14-17(18)3)25(24(26)29)12-10-20(11-13-25)27-15-22-16(2)6-5-7-21(22)23(27)28/h5-9,14,20H,4,10-13,15H2,1-3H3,(H2,26,29). The van der Waals surface area contributed by atoms with Crippen molar-refractivity contribution in [2.45, 2.75) is 70.9 Å². The zero-order valence-electron chi connectivity index (χ0n) is 17.6.